The summed E-state index contributed by atoms with van der Waals surface area (Å²) in [5, 5.41) is 6.30. The molecule has 1 aromatic rings. The average molecular weight is 516 g/mol. The van der Waals surface area contributed by atoms with Gasteiger partial charge in [-0.15, -0.1) is 24.0 Å². The van der Waals surface area contributed by atoms with Crippen LogP contribution in [0.4, 0.5) is 4.39 Å². The Morgan fingerprint density at radius 3 is 3.00 bits per heavy atom. The number of nitrogens with one attached hydrogen (secondary N) is 2. The molecule has 1 fully saturated rings. The van der Waals surface area contributed by atoms with Crippen LogP contribution in [0.25, 0.3) is 0 Å². The Bertz CT molecular complexity index is 528. The van der Waals surface area contributed by atoms with Crippen molar-refractivity contribution in [2.45, 2.75) is 25.5 Å². The van der Waals surface area contributed by atoms with Gasteiger partial charge in [-0.25, -0.2) is 4.39 Å². The van der Waals surface area contributed by atoms with E-state index in [2.05, 4.69) is 31.6 Å². The number of ether oxygens (including phenoxy) is 2. The van der Waals surface area contributed by atoms with Crippen molar-refractivity contribution in [1.29, 1.82) is 0 Å². The fraction of sp³-hybridized carbons (Fsp3) is 0.562. The summed E-state index contributed by atoms with van der Waals surface area (Å²) >= 11 is 3.34. The van der Waals surface area contributed by atoms with Crippen molar-refractivity contribution < 1.29 is 13.9 Å². The van der Waals surface area contributed by atoms with Gasteiger partial charge in [-0.05, 0) is 31.0 Å². The van der Waals surface area contributed by atoms with Crippen molar-refractivity contribution in [1.82, 2.24) is 10.6 Å². The van der Waals surface area contributed by atoms with E-state index in [9.17, 15) is 4.39 Å². The zero-order valence-corrected chi connectivity index (χ0v) is 17.6. The standard InChI is InChI=1S/C16H23BrFN3O2.HI/c1-19-16(20-6-2-7-23-14-5-8-22-11-14)21-10-12-9-13(17)3-4-15(12)18;/h3-4,9,14H,2,5-8,10-11H2,1H3,(H2,19,20,21);1H. The van der Waals surface area contributed by atoms with Gasteiger partial charge in [-0.2, -0.15) is 0 Å². The predicted octanol–water partition coefficient (Wildman–Crippen LogP) is 3.07. The molecule has 1 aromatic carbocycles. The minimum Gasteiger partial charge on any atom is -0.379 e. The number of halogens is 3. The van der Waals surface area contributed by atoms with E-state index in [0.717, 1.165) is 30.5 Å². The van der Waals surface area contributed by atoms with Crippen LogP contribution >= 0.6 is 39.9 Å². The van der Waals surface area contributed by atoms with E-state index < -0.39 is 0 Å². The fourth-order valence-electron chi connectivity index (χ4n) is 2.25. The quantitative estimate of drug-likeness (QED) is 0.253. The van der Waals surface area contributed by atoms with Gasteiger partial charge >= 0.3 is 0 Å². The lowest BCUT2D eigenvalue weighted by molar-refractivity contribution is 0.0420. The van der Waals surface area contributed by atoms with Crippen molar-refractivity contribution in [3.05, 3.63) is 34.1 Å². The molecule has 0 radical (unpaired) electrons. The molecule has 2 N–H and O–H groups in total. The van der Waals surface area contributed by atoms with E-state index in [-0.39, 0.29) is 35.9 Å². The van der Waals surface area contributed by atoms with Crippen molar-refractivity contribution in [3.63, 3.8) is 0 Å². The fourth-order valence-corrected chi connectivity index (χ4v) is 2.66. The first-order valence-corrected chi connectivity index (χ1v) is 8.56. The highest BCUT2D eigenvalue weighted by molar-refractivity contribution is 14.0. The molecule has 1 aliphatic rings. The molecule has 24 heavy (non-hydrogen) atoms. The van der Waals surface area contributed by atoms with E-state index in [4.69, 9.17) is 9.47 Å². The number of hydrogen-bond acceptors (Lipinski definition) is 3. The summed E-state index contributed by atoms with van der Waals surface area (Å²) in [4.78, 5) is 4.13. The molecule has 136 valence electrons. The molecule has 1 aliphatic heterocycles. The Morgan fingerprint density at radius 2 is 2.29 bits per heavy atom. The Morgan fingerprint density at radius 1 is 1.46 bits per heavy atom. The zero-order chi connectivity index (χ0) is 16.5. The maximum absolute atomic E-state index is 13.7. The third-order valence-corrected chi connectivity index (χ3v) is 4.03. The summed E-state index contributed by atoms with van der Waals surface area (Å²) in [7, 11) is 1.69. The first kappa shape index (κ1) is 21.6. The second-order valence-electron chi connectivity index (χ2n) is 5.30. The van der Waals surface area contributed by atoms with Crippen LogP contribution in [0, 0.1) is 5.82 Å². The molecule has 0 bridgehead atoms. The van der Waals surface area contributed by atoms with E-state index in [1.54, 1.807) is 19.2 Å². The maximum atomic E-state index is 13.7. The van der Waals surface area contributed by atoms with Gasteiger partial charge in [0.05, 0.1) is 12.7 Å². The van der Waals surface area contributed by atoms with Gasteiger partial charge in [-0.3, -0.25) is 4.99 Å². The molecule has 2 rings (SSSR count). The van der Waals surface area contributed by atoms with Crippen LogP contribution < -0.4 is 10.6 Å². The molecule has 8 heteroatoms. The molecule has 5 nitrogen and oxygen atoms in total. The lowest BCUT2D eigenvalue weighted by Gasteiger charge is -2.13. The van der Waals surface area contributed by atoms with E-state index in [0.29, 0.717) is 31.3 Å². The Hall–Kier alpha value is -0.450. The van der Waals surface area contributed by atoms with Gasteiger partial charge < -0.3 is 20.1 Å². The van der Waals surface area contributed by atoms with Gasteiger partial charge in [0.25, 0.3) is 0 Å². The summed E-state index contributed by atoms with van der Waals surface area (Å²) in [5.41, 5.74) is 0.590. The van der Waals surface area contributed by atoms with E-state index in [1.807, 2.05) is 0 Å². The summed E-state index contributed by atoms with van der Waals surface area (Å²) in [5.74, 6) is 0.414. The third-order valence-electron chi connectivity index (χ3n) is 3.53. The Kier molecular flexibility index (Phi) is 10.8. The minimum absolute atomic E-state index is 0. The molecule has 0 saturated carbocycles. The van der Waals surface area contributed by atoms with Crippen LogP contribution in [0.1, 0.15) is 18.4 Å². The molecular weight excluding hydrogens is 492 g/mol. The monoisotopic (exact) mass is 515 g/mol. The maximum Gasteiger partial charge on any atom is 0.191 e. The molecular formula is C16H24BrFIN3O2. The summed E-state index contributed by atoms with van der Waals surface area (Å²) in [6.07, 6.45) is 2.10. The highest BCUT2D eigenvalue weighted by Crippen LogP contribution is 2.15. The first-order valence-electron chi connectivity index (χ1n) is 7.77. The van der Waals surface area contributed by atoms with Gasteiger partial charge in [0, 0.05) is 43.4 Å². The van der Waals surface area contributed by atoms with Crippen LogP contribution in [0.2, 0.25) is 0 Å². The normalized spacial score (nSPS) is 17.5. The number of nitrogens with zero attached hydrogens (tertiary/aromatic N) is 1. The average Bonchev–Trinajstić information content (AvgIpc) is 3.06. The zero-order valence-electron chi connectivity index (χ0n) is 13.7. The topological polar surface area (TPSA) is 54.9 Å². The van der Waals surface area contributed by atoms with Crippen LogP contribution in [-0.2, 0) is 16.0 Å². The van der Waals surface area contributed by atoms with Crippen LogP contribution in [0.15, 0.2) is 27.7 Å². The van der Waals surface area contributed by atoms with Crippen LogP contribution in [-0.4, -0.2) is 45.5 Å². The molecule has 0 aliphatic carbocycles. The van der Waals surface area contributed by atoms with Gasteiger partial charge in [0.1, 0.15) is 5.82 Å². The smallest absolute Gasteiger partial charge is 0.191 e. The molecule has 1 saturated heterocycles. The second-order valence-corrected chi connectivity index (χ2v) is 6.21. The van der Waals surface area contributed by atoms with Crippen molar-refractivity contribution in [2.24, 2.45) is 4.99 Å². The minimum atomic E-state index is -0.233. The lowest BCUT2D eigenvalue weighted by Crippen LogP contribution is -2.37. The van der Waals surface area contributed by atoms with Crippen molar-refractivity contribution in [2.75, 3.05) is 33.4 Å². The SMILES string of the molecule is CN=C(NCCCOC1CCOC1)NCc1cc(Br)ccc1F.I. The van der Waals surface area contributed by atoms with E-state index >= 15 is 0 Å². The molecule has 0 spiro atoms. The predicted molar refractivity (Wildman–Crippen MR) is 108 cm³/mol. The number of hydrogen-bond donors (Lipinski definition) is 2. The molecule has 0 amide bonds. The lowest BCUT2D eigenvalue weighted by atomic mass is 10.2. The van der Waals surface area contributed by atoms with Gasteiger partial charge in [0.15, 0.2) is 5.96 Å². The summed E-state index contributed by atoms with van der Waals surface area (Å²) in [6.45, 7) is 3.31. The number of rotatable bonds is 7. The van der Waals surface area contributed by atoms with Crippen molar-refractivity contribution in [3.8, 4) is 0 Å². The van der Waals surface area contributed by atoms with Crippen LogP contribution in [0.5, 0.6) is 0 Å². The van der Waals surface area contributed by atoms with Crippen molar-refractivity contribution >= 4 is 45.9 Å². The molecule has 1 atom stereocenters. The highest BCUT2D eigenvalue weighted by Gasteiger charge is 2.15. The number of aliphatic imine (C=N–C) groups is 1. The first-order chi connectivity index (χ1) is 11.2. The third kappa shape index (κ3) is 7.62. The van der Waals surface area contributed by atoms with Gasteiger partial charge in [0.2, 0.25) is 0 Å². The Labute approximate surface area is 167 Å². The molecule has 0 aromatic heterocycles. The summed E-state index contributed by atoms with van der Waals surface area (Å²) in [6, 6.07) is 4.88. The van der Waals surface area contributed by atoms with E-state index in [1.165, 1.54) is 6.07 Å². The highest BCUT2D eigenvalue weighted by atomic mass is 127. The Balaban J connectivity index is 0.00000288. The molecule has 1 unspecified atom stereocenters. The van der Waals surface area contributed by atoms with Gasteiger partial charge in [-0.1, -0.05) is 15.9 Å². The summed E-state index contributed by atoms with van der Waals surface area (Å²) < 4.78 is 25.5. The largest absolute Gasteiger partial charge is 0.379 e. The number of benzene rings is 1. The second kappa shape index (κ2) is 12.0. The van der Waals surface area contributed by atoms with Crippen LogP contribution in [0.3, 0.4) is 0 Å². The number of guanidine groups is 1. The molecule has 1 heterocycles.